The Morgan fingerprint density at radius 3 is 2.24 bits per heavy atom. The van der Waals surface area contributed by atoms with Gasteiger partial charge in [0.2, 0.25) is 28.6 Å². The van der Waals surface area contributed by atoms with Crippen LogP contribution in [0.15, 0.2) is 102 Å². The maximum absolute atomic E-state index is 14.1. The first-order valence-corrected chi connectivity index (χ1v) is 16.5. The molecule has 4 aromatic rings. The molecule has 0 spiro atoms. The fraction of sp³-hybridized carbons (Fsp3) is 0.257. The lowest BCUT2D eigenvalue weighted by Gasteiger charge is -2.32. The number of ether oxygens (including phenoxy) is 3. The Bertz CT molecular complexity index is 1750. The third kappa shape index (κ3) is 8.04. The van der Waals surface area contributed by atoms with E-state index in [1.807, 2.05) is 66.7 Å². The largest absolute Gasteiger partial charge is 0.497 e. The molecule has 0 unspecified atom stereocenters. The van der Waals surface area contributed by atoms with Crippen molar-refractivity contribution in [3.63, 3.8) is 0 Å². The summed E-state index contributed by atoms with van der Waals surface area (Å²) in [6.45, 7) is 2.57. The van der Waals surface area contributed by atoms with Crippen molar-refractivity contribution >= 4 is 21.8 Å². The molecule has 0 saturated carbocycles. The van der Waals surface area contributed by atoms with Gasteiger partial charge in [0, 0.05) is 26.1 Å². The molecule has 1 heterocycles. The van der Waals surface area contributed by atoms with Gasteiger partial charge in [-0.25, -0.2) is 13.1 Å². The topological polar surface area (TPSA) is 123 Å². The van der Waals surface area contributed by atoms with Gasteiger partial charge in [-0.1, -0.05) is 67.6 Å². The quantitative estimate of drug-likeness (QED) is 0.204. The molecular weight excluding hydrogens is 606 g/mol. The van der Waals surface area contributed by atoms with Crippen molar-refractivity contribution in [1.29, 1.82) is 0 Å². The maximum Gasteiger partial charge on any atom is 0.247 e. The van der Waals surface area contributed by atoms with Crippen molar-refractivity contribution in [3.05, 3.63) is 119 Å². The van der Waals surface area contributed by atoms with Crippen LogP contribution in [0.1, 0.15) is 41.6 Å². The fourth-order valence-electron chi connectivity index (χ4n) is 5.20. The minimum atomic E-state index is -3.58. The summed E-state index contributed by atoms with van der Waals surface area (Å²) in [4.78, 5) is 29.8. The van der Waals surface area contributed by atoms with Gasteiger partial charge in [-0.05, 0) is 65.1 Å². The zero-order valence-corrected chi connectivity index (χ0v) is 26.6. The minimum Gasteiger partial charge on any atom is -0.497 e. The lowest BCUT2D eigenvalue weighted by atomic mass is 10.0. The lowest BCUT2D eigenvalue weighted by molar-refractivity contribution is -0.141. The van der Waals surface area contributed by atoms with Gasteiger partial charge in [0.05, 0.1) is 12.0 Å². The van der Waals surface area contributed by atoms with Gasteiger partial charge >= 0.3 is 0 Å². The number of nitrogens with zero attached hydrogens (tertiary/aromatic N) is 1. The van der Waals surface area contributed by atoms with Crippen LogP contribution >= 0.6 is 0 Å². The Labute approximate surface area is 269 Å². The number of benzene rings is 4. The third-order valence-electron chi connectivity index (χ3n) is 7.61. The number of aryl methyl sites for hydroxylation is 1. The van der Waals surface area contributed by atoms with E-state index in [0.717, 1.165) is 16.7 Å². The average Bonchev–Trinajstić information content (AvgIpc) is 3.55. The normalized spacial score (nSPS) is 12.7. The predicted octanol–water partition coefficient (Wildman–Crippen LogP) is 4.74. The first kappa shape index (κ1) is 32.5. The molecule has 1 aliphatic heterocycles. The third-order valence-corrected chi connectivity index (χ3v) is 9.17. The van der Waals surface area contributed by atoms with E-state index >= 15 is 0 Å². The number of sulfonamides is 1. The van der Waals surface area contributed by atoms with Crippen LogP contribution in [-0.2, 0) is 39.1 Å². The molecule has 46 heavy (non-hydrogen) atoms. The molecule has 5 rings (SSSR count). The van der Waals surface area contributed by atoms with Crippen LogP contribution in [0.2, 0.25) is 0 Å². The highest BCUT2D eigenvalue weighted by Gasteiger charge is 2.31. The van der Waals surface area contributed by atoms with Crippen molar-refractivity contribution < 1.29 is 32.2 Å². The van der Waals surface area contributed by atoms with Crippen LogP contribution in [0.3, 0.4) is 0 Å². The van der Waals surface area contributed by atoms with E-state index < -0.39 is 16.1 Å². The highest BCUT2D eigenvalue weighted by Crippen LogP contribution is 2.33. The van der Waals surface area contributed by atoms with Crippen LogP contribution < -0.4 is 24.2 Å². The van der Waals surface area contributed by atoms with Crippen LogP contribution in [0, 0.1) is 0 Å². The molecule has 0 saturated heterocycles. The lowest BCUT2D eigenvalue weighted by Crippen LogP contribution is -2.43. The van der Waals surface area contributed by atoms with Gasteiger partial charge in [-0.2, -0.15) is 0 Å². The molecule has 0 fully saturated rings. The smallest absolute Gasteiger partial charge is 0.247 e. The Kier molecular flexibility index (Phi) is 10.6. The number of rotatable bonds is 14. The maximum atomic E-state index is 14.1. The van der Waals surface area contributed by atoms with Gasteiger partial charge in [-0.3, -0.25) is 9.59 Å². The van der Waals surface area contributed by atoms with Crippen LogP contribution in [-0.4, -0.2) is 45.6 Å². The van der Waals surface area contributed by atoms with Crippen LogP contribution in [0.4, 0.5) is 0 Å². The number of hydrogen-bond acceptors (Lipinski definition) is 7. The summed E-state index contributed by atoms with van der Waals surface area (Å²) in [5.41, 5.74) is 3.14. The Morgan fingerprint density at radius 2 is 1.54 bits per heavy atom. The summed E-state index contributed by atoms with van der Waals surface area (Å²) in [5.74, 6) is 1.40. The Hall–Kier alpha value is -4.87. The molecule has 0 aliphatic carbocycles. The molecule has 4 aromatic carbocycles. The number of fused-ring (bicyclic) bond motifs is 1. The summed E-state index contributed by atoms with van der Waals surface area (Å²) in [6.07, 6.45) is 0.466. The first-order valence-electron chi connectivity index (χ1n) is 15.0. The van der Waals surface area contributed by atoms with E-state index in [0.29, 0.717) is 29.2 Å². The first-order chi connectivity index (χ1) is 22.3. The van der Waals surface area contributed by atoms with E-state index in [1.54, 1.807) is 37.1 Å². The van der Waals surface area contributed by atoms with Crippen molar-refractivity contribution in [2.75, 3.05) is 20.4 Å². The molecule has 0 bridgehead atoms. The van der Waals surface area contributed by atoms with Crippen molar-refractivity contribution in [1.82, 2.24) is 14.9 Å². The highest BCUT2D eigenvalue weighted by atomic mass is 32.2. The fourth-order valence-corrected chi connectivity index (χ4v) is 6.24. The standard InChI is InChI=1S/C35H37N3O7S/c1-3-37-46(41,42)30-17-11-25(12-18-30)14-20-33(39)38(23-26-9-15-29(43-2)16-10-26)34(28-7-5-4-6-8-28)35(40)36-22-27-13-19-31-32(21-27)45-24-44-31/h4-13,15-19,21,34,37H,3,14,20,22-24H2,1-2H3,(H,36,40)/t34-/m0/s1. The van der Waals surface area contributed by atoms with Gasteiger partial charge in [0.15, 0.2) is 11.5 Å². The average molecular weight is 644 g/mol. The summed E-state index contributed by atoms with van der Waals surface area (Å²) in [6, 6.07) is 27.6. The number of methoxy groups -OCH3 is 1. The van der Waals surface area contributed by atoms with E-state index in [4.69, 9.17) is 14.2 Å². The zero-order chi connectivity index (χ0) is 32.5. The predicted molar refractivity (Wildman–Crippen MR) is 173 cm³/mol. The van der Waals surface area contributed by atoms with Crippen molar-refractivity contribution in [2.45, 2.75) is 43.8 Å². The van der Waals surface area contributed by atoms with Crippen LogP contribution in [0.5, 0.6) is 17.2 Å². The Balaban J connectivity index is 1.39. The van der Waals surface area contributed by atoms with Crippen molar-refractivity contribution in [3.8, 4) is 17.2 Å². The van der Waals surface area contributed by atoms with Crippen molar-refractivity contribution in [2.24, 2.45) is 0 Å². The second-order valence-corrected chi connectivity index (χ2v) is 12.5. The monoisotopic (exact) mass is 643 g/mol. The minimum absolute atomic E-state index is 0.105. The number of nitrogens with one attached hydrogen (secondary N) is 2. The molecule has 240 valence electrons. The van der Waals surface area contributed by atoms with E-state index in [2.05, 4.69) is 10.0 Å². The number of carbonyl (C=O) groups is 2. The molecule has 0 radical (unpaired) electrons. The van der Waals surface area contributed by atoms with Gasteiger partial charge in [-0.15, -0.1) is 0 Å². The number of carbonyl (C=O) groups excluding carboxylic acids is 2. The second-order valence-electron chi connectivity index (χ2n) is 10.7. The number of amides is 2. The molecule has 10 nitrogen and oxygen atoms in total. The SMILES string of the molecule is CCNS(=O)(=O)c1ccc(CCC(=O)N(Cc2ccc(OC)cc2)[C@H](C(=O)NCc2ccc3c(c2)OCO3)c2ccccc2)cc1. The van der Waals surface area contributed by atoms with Crippen LogP contribution in [0.25, 0.3) is 0 Å². The molecular formula is C35H37N3O7S. The molecule has 2 N–H and O–H groups in total. The van der Waals surface area contributed by atoms with E-state index in [9.17, 15) is 18.0 Å². The second kappa shape index (κ2) is 14.9. The summed E-state index contributed by atoms with van der Waals surface area (Å²) < 4.78 is 43.4. The molecule has 2 amide bonds. The van der Waals surface area contributed by atoms with Gasteiger partial charge in [0.25, 0.3) is 0 Å². The number of hydrogen-bond donors (Lipinski definition) is 2. The zero-order valence-electron chi connectivity index (χ0n) is 25.8. The molecule has 1 aliphatic rings. The van der Waals surface area contributed by atoms with Gasteiger partial charge < -0.3 is 24.4 Å². The summed E-state index contributed by atoms with van der Waals surface area (Å²) >= 11 is 0. The molecule has 0 aromatic heterocycles. The van der Waals surface area contributed by atoms with E-state index in [1.165, 1.54) is 12.1 Å². The summed E-state index contributed by atoms with van der Waals surface area (Å²) in [5, 5.41) is 3.02. The summed E-state index contributed by atoms with van der Waals surface area (Å²) in [7, 11) is -2.00. The highest BCUT2D eigenvalue weighted by molar-refractivity contribution is 7.89. The molecule has 11 heteroatoms. The van der Waals surface area contributed by atoms with E-state index in [-0.39, 0.29) is 49.6 Å². The Morgan fingerprint density at radius 1 is 0.870 bits per heavy atom. The van der Waals surface area contributed by atoms with Gasteiger partial charge in [0.1, 0.15) is 11.8 Å². The molecule has 1 atom stereocenters.